The number of nitrogens with zero attached hydrogens (tertiary/aromatic N) is 2. The summed E-state index contributed by atoms with van der Waals surface area (Å²) in [6.07, 6.45) is 4.07. The summed E-state index contributed by atoms with van der Waals surface area (Å²) in [5.74, 6) is 2.00. The van der Waals surface area contributed by atoms with Crippen LogP contribution in [0.4, 0.5) is 5.95 Å². The van der Waals surface area contributed by atoms with Crippen molar-refractivity contribution in [2.24, 2.45) is 5.92 Å². The fourth-order valence-corrected chi connectivity index (χ4v) is 1.94. The highest BCUT2D eigenvalue weighted by Crippen LogP contribution is 2.12. The Hall–Kier alpha value is -1.35. The quantitative estimate of drug-likeness (QED) is 0.638. The number of rotatable bonds is 6. The number of nitrogens with one attached hydrogen (secondary N) is 1. The van der Waals surface area contributed by atoms with Crippen LogP contribution >= 0.6 is 11.6 Å². The monoisotopic (exact) mass is 263 g/mol. The third-order valence-electron chi connectivity index (χ3n) is 2.91. The molecular formula is C14H18ClN3. The molecule has 0 fully saturated rings. The van der Waals surface area contributed by atoms with E-state index in [1.807, 2.05) is 30.5 Å². The van der Waals surface area contributed by atoms with Gasteiger partial charge in [0.15, 0.2) is 0 Å². The molecule has 0 aliphatic carbocycles. The Balaban J connectivity index is 1.88. The smallest absolute Gasteiger partial charge is 0.223 e. The molecule has 0 aliphatic rings. The van der Waals surface area contributed by atoms with Gasteiger partial charge in [0.05, 0.1) is 5.52 Å². The van der Waals surface area contributed by atoms with Crippen molar-refractivity contribution in [2.75, 3.05) is 17.7 Å². The van der Waals surface area contributed by atoms with Crippen LogP contribution in [0.3, 0.4) is 0 Å². The van der Waals surface area contributed by atoms with Crippen molar-refractivity contribution in [1.29, 1.82) is 0 Å². The molecule has 18 heavy (non-hydrogen) atoms. The van der Waals surface area contributed by atoms with Crippen LogP contribution in [0.2, 0.25) is 0 Å². The first-order chi connectivity index (χ1) is 8.79. The lowest BCUT2D eigenvalue weighted by molar-refractivity contribution is 0.572. The van der Waals surface area contributed by atoms with E-state index in [2.05, 4.69) is 22.2 Å². The molecule has 0 amide bonds. The summed E-state index contributed by atoms with van der Waals surface area (Å²) in [5.41, 5.74) is 0.976. The average Bonchev–Trinajstić information content (AvgIpc) is 2.43. The van der Waals surface area contributed by atoms with Gasteiger partial charge in [0.2, 0.25) is 5.95 Å². The number of para-hydroxylation sites is 1. The van der Waals surface area contributed by atoms with Crippen molar-refractivity contribution in [2.45, 2.75) is 19.8 Å². The van der Waals surface area contributed by atoms with E-state index in [9.17, 15) is 0 Å². The lowest BCUT2D eigenvalue weighted by atomic mass is 10.1. The number of anilines is 1. The Kier molecular flexibility index (Phi) is 4.76. The molecule has 1 heterocycles. The number of aromatic nitrogens is 2. The molecule has 1 unspecified atom stereocenters. The fourth-order valence-electron chi connectivity index (χ4n) is 1.79. The second kappa shape index (κ2) is 6.55. The molecule has 4 heteroatoms. The summed E-state index contributed by atoms with van der Waals surface area (Å²) >= 11 is 5.77. The Morgan fingerprint density at radius 2 is 2.17 bits per heavy atom. The van der Waals surface area contributed by atoms with Crippen LogP contribution in [0, 0.1) is 5.92 Å². The zero-order chi connectivity index (χ0) is 12.8. The molecule has 0 radical (unpaired) electrons. The summed E-state index contributed by atoms with van der Waals surface area (Å²) in [5, 5.41) is 4.32. The minimum Gasteiger partial charge on any atom is -0.354 e. The molecule has 2 rings (SSSR count). The maximum Gasteiger partial charge on any atom is 0.223 e. The molecule has 2 aromatic rings. The number of hydrogen-bond donors (Lipinski definition) is 1. The van der Waals surface area contributed by atoms with Gasteiger partial charge in [-0.1, -0.05) is 25.1 Å². The van der Waals surface area contributed by atoms with E-state index in [0.717, 1.165) is 36.2 Å². The first-order valence-electron chi connectivity index (χ1n) is 6.31. The molecule has 1 atom stereocenters. The average molecular weight is 264 g/mol. The van der Waals surface area contributed by atoms with Gasteiger partial charge < -0.3 is 5.32 Å². The summed E-state index contributed by atoms with van der Waals surface area (Å²) in [4.78, 5) is 8.76. The molecule has 0 aliphatic heterocycles. The van der Waals surface area contributed by atoms with E-state index in [1.54, 1.807) is 0 Å². The maximum atomic E-state index is 5.77. The second-order valence-corrected chi connectivity index (χ2v) is 4.89. The van der Waals surface area contributed by atoms with Gasteiger partial charge in [0.25, 0.3) is 0 Å². The van der Waals surface area contributed by atoms with Crippen molar-refractivity contribution in [1.82, 2.24) is 9.97 Å². The van der Waals surface area contributed by atoms with Gasteiger partial charge in [-0.3, -0.25) is 0 Å². The van der Waals surface area contributed by atoms with Crippen molar-refractivity contribution < 1.29 is 0 Å². The van der Waals surface area contributed by atoms with Gasteiger partial charge >= 0.3 is 0 Å². The number of fused-ring (bicyclic) bond motifs is 1. The van der Waals surface area contributed by atoms with Crippen LogP contribution in [0.25, 0.3) is 10.9 Å². The predicted octanol–water partition coefficient (Wildman–Crippen LogP) is 3.70. The van der Waals surface area contributed by atoms with E-state index in [1.165, 1.54) is 0 Å². The van der Waals surface area contributed by atoms with E-state index in [-0.39, 0.29) is 0 Å². The third kappa shape index (κ3) is 3.57. The molecule has 1 aromatic carbocycles. The fraction of sp³-hybridized carbons (Fsp3) is 0.429. The van der Waals surface area contributed by atoms with Crippen molar-refractivity contribution in [3.8, 4) is 0 Å². The molecule has 0 bridgehead atoms. The zero-order valence-corrected chi connectivity index (χ0v) is 11.3. The van der Waals surface area contributed by atoms with Gasteiger partial charge in [0.1, 0.15) is 0 Å². The standard InChI is InChI=1S/C14H18ClN3/c1-11(9-15)5-4-8-16-14-17-10-12-6-2-3-7-13(12)18-14/h2-3,6-7,10-11H,4-5,8-9H2,1H3,(H,16,17,18). The van der Waals surface area contributed by atoms with Gasteiger partial charge in [0, 0.05) is 24.0 Å². The summed E-state index contributed by atoms with van der Waals surface area (Å²) in [7, 11) is 0. The Bertz CT molecular complexity index is 501. The largest absolute Gasteiger partial charge is 0.354 e. The van der Waals surface area contributed by atoms with Crippen LogP contribution in [0.5, 0.6) is 0 Å². The number of alkyl halides is 1. The van der Waals surface area contributed by atoms with Gasteiger partial charge in [-0.2, -0.15) is 0 Å². The Morgan fingerprint density at radius 1 is 1.33 bits per heavy atom. The lowest BCUT2D eigenvalue weighted by Gasteiger charge is -2.08. The highest BCUT2D eigenvalue weighted by Gasteiger charge is 2.01. The maximum absolute atomic E-state index is 5.77. The van der Waals surface area contributed by atoms with Crippen molar-refractivity contribution in [3.63, 3.8) is 0 Å². The first kappa shape index (κ1) is 13.1. The molecule has 96 valence electrons. The number of halogens is 1. The third-order valence-corrected chi connectivity index (χ3v) is 3.44. The van der Waals surface area contributed by atoms with Crippen LogP contribution in [-0.2, 0) is 0 Å². The first-order valence-corrected chi connectivity index (χ1v) is 6.84. The molecular weight excluding hydrogens is 246 g/mol. The Labute approximate surface area is 113 Å². The summed E-state index contributed by atoms with van der Waals surface area (Å²) < 4.78 is 0. The Morgan fingerprint density at radius 3 is 3.00 bits per heavy atom. The van der Waals surface area contributed by atoms with E-state index < -0.39 is 0 Å². The van der Waals surface area contributed by atoms with Crippen LogP contribution in [0.1, 0.15) is 19.8 Å². The molecule has 0 spiro atoms. The topological polar surface area (TPSA) is 37.8 Å². The van der Waals surface area contributed by atoms with Gasteiger partial charge in [-0.05, 0) is 24.8 Å². The molecule has 0 saturated heterocycles. The highest BCUT2D eigenvalue weighted by molar-refractivity contribution is 6.18. The zero-order valence-electron chi connectivity index (χ0n) is 10.6. The summed E-state index contributed by atoms with van der Waals surface area (Å²) in [6.45, 7) is 3.05. The van der Waals surface area contributed by atoms with Crippen molar-refractivity contribution >= 4 is 28.5 Å². The van der Waals surface area contributed by atoms with Crippen LogP contribution in [-0.4, -0.2) is 22.4 Å². The van der Waals surface area contributed by atoms with Crippen molar-refractivity contribution in [3.05, 3.63) is 30.5 Å². The van der Waals surface area contributed by atoms with Crippen LogP contribution in [0.15, 0.2) is 30.5 Å². The van der Waals surface area contributed by atoms with E-state index in [0.29, 0.717) is 11.9 Å². The minimum absolute atomic E-state index is 0.575. The predicted molar refractivity (Wildman–Crippen MR) is 77.1 cm³/mol. The number of benzene rings is 1. The van der Waals surface area contributed by atoms with Crippen LogP contribution < -0.4 is 5.32 Å². The molecule has 3 nitrogen and oxygen atoms in total. The normalized spacial score (nSPS) is 12.6. The minimum atomic E-state index is 0.575. The van der Waals surface area contributed by atoms with Gasteiger partial charge in [-0.25, -0.2) is 9.97 Å². The van der Waals surface area contributed by atoms with E-state index in [4.69, 9.17) is 11.6 Å². The lowest BCUT2D eigenvalue weighted by Crippen LogP contribution is -2.07. The molecule has 1 N–H and O–H groups in total. The molecule has 0 saturated carbocycles. The summed E-state index contributed by atoms with van der Waals surface area (Å²) in [6, 6.07) is 7.99. The van der Waals surface area contributed by atoms with E-state index >= 15 is 0 Å². The highest BCUT2D eigenvalue weighted by atomic mass is 35.5. The second-order valence-electron chi connectivity index (χ2n) is 4.58. The number of hydrogen-bond acceptors (Lipinski definition) is 3. The van der Waals surface area contributed by atoms with Gasteiger partial charge in [-0.15, -0.1) is 11.6 Å². The SMILES string of the molecule is CC(CCl)CCCNc1ncc2ccccc2n1. The molecule has 1 aromatic heterocycles.